The minimum atomic E-state index is -4.43. The first-order valence-corrected chi connectivity index (χ1v) is 15.3. The molecule has 1 heterocycles. The van der Waals surface area contributed by atoms with Crippen molar-refractivity contribution in [3.05, 3.63) is 28.3 Å². The molecule has 0 saturated carbocycles. The summed E-state index contributed by atoms with van der Waals surface area (Å²) in [5.41, 5.74) is 2.33. The Labute approximate surface area is 260 Å². The molecule has 4 N–H and O–H groups in total. The van der Waals surface area contributed by atoms with Crippen LogP contribution >= 0.6 is 0 Å². The van der Waals surface area contributed by atoms with Gasteiger partial charge in [0.2, 0.25) is 21.8 Å². The van der Waals surface area contributed by atoms with Crippen LogP contribution in [-0.2, 0) is 57.7 Å². The fourth-order valence-electron chi connectivity index (χ4n) is 4.96. The summed E-state index contributed by atoms with van der Waals surface area (Å²) in [6.07, 6.45) is -6.71. The number of ether oxygens (including phenoxy) is 4. The van der Waals surface area contributed by atoms with Crippen molar-refractivity contribution >= 4 is 45.7 Å². The van der Waals surface area contributed by atoms with E-state index >= 15 is 0 Å². The van der Waals surface area contributed by atoms with Gasteiger partial charge in [-0.15, -0.1) is 0 Å². The maximum Gasteiger partial charge on any atom is 0.322 e. The van der Waals surface area contributed by atoms with E-state index in [-0.39, 0.29) is 4.90 Å². The van der Waals surface area contributed by atoms with Gasteiger partial charge in [0.15, 0.2) is 18.4 Å². The molecule has 1 fully saturated rings. The van der Waals surface area contributed by atoms with Crippen LogP contribution in [0.2, 0.25) is 0 Å². The minimum Gasteiger partial charge on any atom is -0.480 e. The average molecular weight is 658 g/mol. The molecule has 6 atom stereocenters. The van der Waals surface area contributed by atoms with Crippen molar-refractivity contribution < 1.29 is 61.2 Å². The molecule has 2 amide bonds. The van der Waals surface area contributed by atoms with E-state index in [2.05, 4.69) is 15.4 Å². The second-order valence-corrected chi connectivity index (χ2v) is 12.3. The number of benzene rings is 1. The van der Waals surface area contributed by atoms with Gasteiger partial charge in [-0.25, -0.2) is 8.42 Å². The van der Waals surface area contributed by atoms with Crippen LogP contribution in [0, 0.1) is 27.7 Å². The molecule has 45 heavy (non-hydrogen) atoms. The van der Waals surface area contributed by atoms with Gasteiger partial charge in [-0.05, 0) is 49.9 Å². The minimum absolute atomic E-state index is 0.118. The molecule has 0 spiro atoms. The van der Waals surface area contributed by atoms with E-state index in [4.69, 9.17) is 18.9 Å². The van der Waals surface area contributed by atoms with Gasteiger partial charge in [-0.2, -0.15) is 4.72 Å². The van der Waals surface area contributed by atoms with E-state index in [0.717, 1.165) is 33.3 Å². The van der Waals surface area contributed by atoms with Crippen molar-refractivity contribution in [3.63, 3.8) is 0 Å². The van der Waals surface area contributed by atoms with Crippen LogP contribution in [0.4, 0.5) is 0 Å². The highest BCUT2D eigenvalue weighted by atomic mass is 32.2. The van der Waals surface area contributed by atoms with E-state index < -0.39 is 95.4 Å². The van der Waals surface area contributed by atoms with Gasteiger partial charge in [0, 0.05) is 27.7 Å². The zero-order valence-electron chi connectivity index (χ0n) is 26.2. The number of nitrogens with one attached hydrogen (secondary N) is 3. The molecular weight excluding hydrogens is 618 g/mol. The van der Waals surface area contributed by atoms with E-state index in [1.165, 1.54) is 0 Å². The topological polar surface area (TPSA) is 230 Å². The van der Waals surface area contributed by atoms with Gasteiger partial charge >= 0.3 is 23.9 Å². The van der Waals surface area contributed by atoms with Crippen molar-refractivity contribution in [2.75, 3.05) is 6.61 Å². The molecule has 0 aromatic heterocycles. The molecule has 0 unspecified atom stereocenters. The lowest BCUT2D eigenvalue weighted by atomic mass is 9.95. The highest BCUT2D eigenvalue weighted by molar-refractivity contribution is 7.89. The summed E-state index contributed by atoms with van der Waals surface area (Å²) in [5.74, 6) is -5.80. The van der Waals surface area contributed by atoms with E-state index in [9.17, 15) is 42.3 Å². The maximum atomic E-state index is 13.3. The Morgan fingerprint density at radius 3 is 1.96 bits per heavy atom. The number of hydrogen-bond donors (Lipinski definition) is 4. The molecule has 17 heteroatoms. The van der Waals surface area contributed by atoms with Crippen molar-refractivity contribution in [2.45, 2.75) is 103 Å². The summed E-state index contributed by atoms with van der Waals surface area (Å²) in [7, 11) is -4.43. The van der Waals surface area contributed by atoms with Crippen molar-refractivity contribution in [1.29, 1.82) is 0 Å². The summed E-state index contributed by atoms with van der Waals surface area (Å²) in [4.78, 5) is 72.7. The Balaban J connectivity index is 2.43. The molecule has 1 aromatic rings. The van der Waals surface area contributed by atoms with Crippen LogP contribution in [0.5, 0.6) is 0 Å². The number of aryl methyl sites for hydroxylation is 2. The normalized spacial score (nSPS) is 22.0. The van der Waals surface area contributed by atoms with Crippen molar-refractivity contribution in [1.82, 2.24) is 15.4 Å². The quantitative estimate of drug-likeness (QED) is 0.169. The Morgan fingerprint density at radius 1 is 0.867 bits per heavy atom. The van der Waals surface area contributed by atoms with Crippen LogP contribution < -0.4 is 15.4 Å². The average Bonchev–Trinajstić information content (AvgIpc) is 2.88. The fourth-order valence-corrected chi connectivity index (χ4v) is 6.67. The molecule has 2 rings (SSSR count). The monoisotopic (exact) mass is 657 g/mol. The van der Waals surface area contributed by atoms with Crippen LogP contribution in [0.1, 0.15) is 56.4 Å². The number of carboxylic acid groups (broad SMARTS) is 1. The van der Waals surface area contributed by atoms with Crippen molar-refractivity contribution in [3.8, 4) is 0 Å². The standard InChI is InChI=1S/C28H39N3O13S/c1-12-9-13(2)26(15(4)14(12)3)45(39,40)31-20(28(37)38)10-22(36)30-27-23(29-16(5)32)25(43-19(8)35)24(42-18(7)34)21(44-27)11-41-17(6)33/h9,20-21,23-25,27,31H,10-11H2,1-8H3,(H,29,32)(H,30,36)(H,37,38)/t20-,21+,23-,24+,25+,27+/m0/s1. The Kier molecular flexibility index (Phi) is 12.6. The van der Waals surface area contributed by atoms with Gasteiger partial charge in [0.05, 0.1) is 11.3 Å². The first-order valence-electron chi connectivity index (χ1n) is 13.8. The van der Waals surface area contributed by atoms with Gasteiger partial charge < -0.3 is 34.7 Å². The first kappa shape index (κ1) is 37.1. The Morgan fingerprint density at radius 2 is 1.44 bits per heavy atom. The smallest absolute Gasteiger partial charge is 0.322 e. The largest absolute Gasteiger partial charge is 0.480 e. The number of sulfonamides is 1. The molecule has 250 valence electrons. The predicted molar refractivity (Wildman–Crippen MR) is 154 cm³/mol. The molecule has 0 aliphatic carbocycles. The van der Waals surface area contributed by atoms with Gasteiger partial charge in [-0.1, -0.05) is 6.07 Å². The lowest BCUT2D eigenvalue weighted by Crippen LogP contribution is -2.69. The first-order chi connectivity index (χ1) is 20.7. The Hall–Kier alpha value is -4.09. The number of aliphatic carboxylic acids is 1. The number of carbonyl (C=O) groups excluding carboxylic acids is 5. The second kappa shape index (κ2) is 15.3. The zero-order valence-corrected chi connectivity index (χ0v) is 27.0. The predicted octanol–water partition coefficient (Wildman–Crippen LogP) is -0.186. The molecule has 1 aliphatic rings. The van der Waals surface area contributed by atoms with E-state index in [1.54, 1.807) is 26.8 Å². The molecule has 0 radical (unpaired) electrons. The van der Waals surface area contributed by atoms with E-state index in [0.29, 0.717) is 16.7 Å². The van der Waals surface area contributed by atoms with Gasteiger partial charge in [0.25, 0.3) is 0 Å². The second-order valence-electron chi connectivity index (χ2n) is 10.6. The van der Waals surface area contributed by atoms with Crippen molar-refractivity contribution in [2.24, 2.45) is 0 Å². The summed E-state index contributed by atoms with van der Waals surface area (Å²) >= 11 is 0. The molecule has 0 bridgehead atoms. The maximum absolute atomic E-state index is 13.3. The molecule has 1 saturated heterocycles. The number of amides is 2. The number of rotatable bonds is 12. The third-order valence-electron chi connectivity index (χ3n) is 6.96. The highest BCUT2D eigenvalue weighted by Crippen LogP contribution is 2.28. The van der Waals surface area contributed by atoms with Gasteiger partial charge in [0.1, 0.15) is 24.8 Å². The Bertz CT molecular complexity index is 1460. The third-order valence-corrected chi connectivity index (χ3v) is 8.72. The lowest BCUT2D eigenvalue weighted by molar-refractivity contribution is -0.228. The summed E-state index contributed by atoms with van der Waals surface area (Å²) < 4.78 is 50.2. The third kappa shape index (κ3) is 9.95. The summed E-state index contributed by atoms with van der Waals surface area (Å²) in [5, 5.41) is 14.7. The van der Waals surface area contributed by atoms with Crippen LogP contribution in [0.25, 0.3) is 0 Å². The number of esters is 3. The van der Waals surface area contributed by atoms with Crippen LogP contribution in [-0.4, -0.2) is 92.4 Å². The molecule has 16 nitrogen and oxygen atoms in total. The SMILES string of the molecule is CC(=O)N[C@H]1[C@@H](OC(C)=O)[C@H](OC(C)=O)[C@@H](COC(C)=O)O[C@H]1NC(=O)C[C@H](NS(=O)(=O)c1c(C)cc(C)c(C)c1C)C(=O)O. The summed E-state index contributed by atoms with van der Waals surface area (Å²) in [6, 6.07) is -1.68. The van der Waals surface area contributed by atoms with Crippen LogP contribution in [0.15, 0.2) is 11.0 Å². The molecule has 1 aliphatic heterocycles. The van der Waals surface area contributed by atoms with E-state index in [1.807, 2.05) is 6.92 Å². The highest BCUT2D eigenvalue weighted by Gasteiger charge is 2.51. The zero-order chi connectivity index (χ0) is 34.4. The lowest BCUT2D eigenvalue weighted by Gasteiger charge is -2.45. The number of carboxylic acids is 1. The molecule has 1 aromatic carbocycles. The van der Waals surface area contributed by atoms with Crippen LogP contribution in [0.3, 0.4) is 0 Å². The molecular formula is C28H39N3O13S. The van der Waals surface area contributed by atoms with Gasteiger partial charge in [-0.3, -0.25) is 28.8 Å². The fraction of sp³-hybridized carbons (Fsp3) is 0.571. The summed E-state index contributed by atoms with van der Waals surface area (Å²) in [6.45, 7) is 10.5. The number of hydrogen-bond acceptors (Lipinski definition) is 12. The number of carbonyl (C=O) groups is 6.